The predicted molar refractivity (Wildman–Crippen MR) is 76.1 cm³/mol. The van der Waals surface area contributed by atoms with Crippen molar-refractivity contribution in [1.29, 1.82) is 0 Å². The van der Waals surface area contributed by atoms with Gasteiger partial charge in [0.05, 0.1) is 0 Å². The van der Waals surface area contributed by atoms with Crippen LogP contribution in [0.4, 0.5) is 5.82 Å². The molecule has 0 atom stereocenters. The van der Waals surface area contributed by atoms with Gasteiger partial charge in [0.1, 0.15) is 5.82 Å². The van der Waals surface area contributed by atoms with Gasteiger partial charge in [-0.2, -0.15) is 0 Å². The highest BCUT2D eigenvalue weighted by atomic mass is 35.5. The molecule has 0 saturated heterocycles. The summed E-state index contributed by atoms with van der Waals surface area (Å²) in [4.78, 5) is 6.92. The van der Waals surface area contributed by atoms with E-state index in [1.807, 2.05) is 0 Å². The smallest absolute Gasteiger partial charge is 0.128 e. The highest BCUT2D eigenvalue weighted by Crippen LogP contribution is 2.25. The maximum atomic E-state index is 5.96. The average Bonchev–Trinajstić information content (AvgIpc) is 2.27. The van der Waals surface area contributed by atoms with E-state index < -0.39 is 0 Å². The molecule has 0 radical (unpaired) electrons. The Hall–Kier alpha value is -0.760. The molecule has 1 rings (SSSR count). The van der Waals surface area contributed by atoms with Crippen LogP contribution in [0, 0.1) is 0 Å². The number of hydrogen-bond acceptors (Lipinski definition) is 2. The Balaban J connectivity index is 3.14. The summed E-state index contributed by atoms with van der Waals surface area (Å²) in [6.45, 7) is 9.72. The number of halogens is 1. The van der Waals surface area contributed by atoms with E-state index in [-0.39, 0.29) is 5.41 Å². The van der Waals surface area contributed by atoms with Crippen molar-refractivity contribution in [3.63, 3.8) is 0 Å². The Bertz CT molecular complexity index is 369. The summed E-state index contributed by atoms with van der Waals surface area (Å²) in [5.74, 6) is 1.56. The second-order valence-electron chi connectivity index (χ2n) is 5.52. The maximum Gasteiger partial charge on any atom is 0.128 e. The van der Waals surface area contributed by atoms with Crippen molar-refractivity contribution in [2.24, 2.45) is 0 Å². The van der Waals surface area contributed by atoms with Gasteiger partial charge in [-0.1, -0.05) is 27.7 Å². The molecule has 0 saturated carbocycles. The zero-order chi connectivity index (χ0) is 13.1. The zero-order valence-corrected chi connectivity index (χ0v) is 12.3. The molecule has 0 fully saturated rings. The lowest BCUT2D eigenvalue weighted by Gasteiger charge is -2.23. The molecule has 0 unspecified atom stereocenters. The van der Waals surface area contributed by atoms with Crippen molar-refractivity contribution in [2.45, 2.75) is 45.4 Å². The molecule has 1 heterocycles. The Morgan fingerprint density at radius 2 is 1.94 bits per heavy atom. The summed E-state index contributed by atoms with van der Waals surface area (Å²) in [5, 5.41) is 0. The molecule has 0 aliphatic carbocycles. The highest BCUT2D eigenvalue weighted by molar-refractivity contribution is 6.17. The van der Waals surface area contributed by atoms with Crippen LogP contribution in [0.3, 0.4) is 0 Å². The molecule has 1 aromatic heterocycles. The molecule has 0 amide bonds. The van der Waals surface area contributed by atoms with E-state index in [4.69, 9.17) is 16.6 Å². The van der Waals surface area contributed by atoms with Crippen LogP contribution in [-0.2, 0) is 11.3 Å². The third kappa shape index (κ3) is 3.88. The van der Waals surface area contributed by atoms with Gasteiger partial charge < -0.3 is 4.90 Å². The van der Waals surface area contributed by atoms with E-state index in [0.717, 1.165) is 30.0 Å². The molecule has 0 aliphatic heterocycles. The average molecular weight is 255 g/mol. The molecule has 0 aromatic carbocycles. The lowest BCUT2D eigenvalue weighted by Crippen LogP contribution is -2.22. The predicted octanol–water partition coefficient (Wildman–Crippen LogP) is 3.96. The first-order valence-corrected chi connectivity index (χ1v) is 6.70. The normalized spacial score (nSPS) is 11.6. The molecule has 17 heavy (non-hydrogen) atoms. The second-order valence-corrected chi connectivity index (χ2v) is 5.79. The summed E-state index contributed by atoms with van der Waals surface area (Å²) in [6, 6.07) is 4.19. The van der Waals surface area contributed by atoms with Gasteiger partial charge in [-0.15, -0.1) is 11.6 Å². The molecule has 0 aliphatic rings. The molecular weight excluding hydrogens is 232 g/mol. The third-order valence-electron chi connectivity index (χ3n) is 2.74. The summed E-state index contributed by atoms with van der Waals surface area (Å²) in [5.41, 5.74) is 2.31. The minimum atomic E-state index is 0.0594. The standard InChI is InChI=1S/C14H23ClN2/c1-6-7-17(5)13-9-11(10-15)8-12(16-13)14(2,3)4/h8-9H,6-7,10H2,1-5H3. The van der Waals surface area contributed by atoms with Crippen LogP contribution in [0.1, 0.15) is 45.4 Å². The Kier molecular flexibility index (Phi) is 4.81. The molecule has 1 aromatic rings. The molecular formula is C14H23ClN2. The van der Waals surface area contributed by atoms with Gasteiger partial charge in [0.2, 0.25) is 0 Å². The minimum absolute atomic E-state index is 0.0594. The van der Waals surface area contributed by atoms with Crippen LogP contribution < -0.4 is 4.90 Å². The van der Waals surface area contributed by atoms with Crippen molar-refractivity contribution in [2.75, 3.05) is 18.5 Å². The van der Waals surface area contributed by atoms with Crippen LogP contribution in [0.2, 0.25) is 0 Å². The molecule has 0 bridgehead atoms. The Labute approximate surface area is 110 Å². The Morgan fingerprint density at radius 3 is 2.41 bits per heavy atom. The minimum Gasteiger partial charge on any atom is -0.360 e. The van der Waals surface area contributed by atoms with Gasteiger partial charge in [0.15, 0.2) is 0 Å². The lowest BCUT2D eigenvalue weighted by molar-refractivity contribution is 0.567. The largest absolute Gasteiger partial charge is 0.360 e. The van der Waals surface area contributed by atoms with Crippen LogP contribution >= 0.6 is 11.6 Å². The number of rotatable bonds is 4. The van der Waals surface area contributed by atoms with Crippen LogP contribution in [-0.4, -0.2) is 18.6 Å². The number of nitrogens with zero attached hydrogens (tertiary/aromatic N) is 2. The van der Waals surface area contributed by atoms with Gasteiger partial charge in [-0.05, 0) is 24.1 Å². The van der Waals surface area contributed by atoms with Crippen LogP contribution in [0.25, 0.3) is 0 Å². The molecule has 0 spiro atoms. The van der Waals surface area contributed by atoms with Crippen molar-refractivity contribution in [3.8, 4) is 0 Å². The number of anilines is 1. The SMILES string of the molecule is CCCN(C)c1cc(CCl)cc(C(C)(C)C)n1. The summed E-state index contributed by atoms with van der Waals surface area (Å²) in [7, 11) is 2.08. The monoisotopic (exact) mass is 254 g/mol. The van der Waals surface area contributed by atoms with Crippen molar-refractivity contribution < 1.29 is 0 Å². The molecule has 2 nitrogen and oxygen atoms in total. The first kappa shape index (κ1) is 14.3. The van der Waals surface area contributed by atoms with E-state index in [1.165, 1.54) is 0 Å². The van der Waals surface area contributed by atoms with Crippen molar-refractivity contribution >= 4 is 17.4 Å². The van der Waals surface area contributed by atoms with Crippen LogP contribution in [0.5, 0.6) is 0 Å². The van der Waals surface area contributed by atoms with E-state index >= 15 is 0 Å². The highest BCUT2D eigenvalue weighted by Gasteiger charge is 2.17. The molecule has 3 heteroatoms. The Morgan fingerprint density at radius 1 is 1.29 bits per heavy atom. The maximum absolute atomic E-state index is 5.96. The summed E-state index contributed by atoms with van der Waals surface area (Å²) >= 11 is 5.96. The third-order valence-corrected chi connectivity index (χ3v) is 3.05. The molecule has 0 N–H and O–H groups in total. The number of pyridine rings is 1. The zero-order valence-electron chi connectivity index (χ0n) is 11.5. The quantitative estimate of drug-likeness (QED) is 0.756. The second kappa shape index (κ2) is 5.72. The van der Waals surface area contributed by atoms with E-state index in [9.17, 15) is 0 Å². The van der Waals surface area contributed by atoms with Gasteiger partial charge in [-0.3, -0.25) is 0 Å². The number of alkyl halides is 1. The van der Waals surface area contributed by atoms with E-state index in [0.29, 0.717) is 5.88 Å². The summed E-state index contributed by atoms with van der Waals surface area (Å²) < 4.78 is 0. The lowest BCUT2D eigenvalue weighted by atomic mass is 9.91. The van der Waals surface area contributed by atoms with E-state index in [2.05, 4.69) is 51.8 Å². The van der Waals surface area contributed by atoms with Gasteiger partial charge >= 0.3 is 0 Å². The first-order chi connectivity index (χ1) is 7.88. The molecule has 96 valence electrons. The van der Waals surface area contributed by atoms with Crippen LogP contribution in [0.15, 0.2) is 12.1 Å². The van der Waals surface area contributed by atoms with Crippen molar-refractivity contribution in [3.05, 3.63) is 23.4 Å². The topological polar surface area (TPSA) is 16.1 Å². The number of aromatic nitrogens is 1. The van der Waals surface area contributed by atoms with Gasteiger partial charge in [-0.25, -0.2) is 4.98 Å². The fraction of sp³-hybridized carbons (Fsp3) is 0.643. The summed E-state index contributed by atoms with van der Waals surface area (Å²) in [6.07, 6.45) is 1.12. The van der Waals surface area contributed by atoms with Gasteiger partial charge in [0.25, 0.3) is 0 Å². The fourth-order valence-electron chi connectivity index (χ4n) is 1.68. The van der Waals surface area contributed by atoms with Gasteiger partial charge in [0, 0.05) is 30.6 Å². The van der Waals surface area contributed by atoms with E-state index in [1.54, 1.807) is 0 Å². The fourth-order valence-corrected chi connectivity index (χ4v) is 1.83. The first-order valence-electron chi connectivity index (χ1n) is 6.17. The van der Waals surface area contributed by atoms with Crippen molar-refractivity contribution in [1.82, 2.24) is 4.98 Å². The number of hydrogen-bond donors (Lipinski definition) is 0.